The summed E-state index contributed by atoms with van der Waals surface area (Å²) in [6.45, 7) is -0.207. The van der Waals surface area contributed by atoms with Crippen LogP contribution in [-0.4, -0.2) is 26.8 Å². The highest BCUT2D eigenvalue weighted by Gasteiger charge is 2.41. The maximum atomic E-state index is 13.4. The third kappa shape index (κ3) is 3.34. The van der Waals surface area contributed by atoms with Crippen LogP contribution in [0.5, 0.6) is 0 Å². The molecule has 0 N–H and O–H groups in total. The van der Waals surface area contributed by atoms with Crippen LogP contribution in [0.25, 0.3) is 5.69 Å². The number of fused-ring (bicyclic) bond motifs is 2. The second-order valence-corrected chi connectivity index (χ2v) is 7.58. The van der Waals surface area contributed by atoms with Gasteiger partial charge >= 0.3 is 0 Å². The van der Waals surface area contributed by atoms with Crippen LogP contribution in [0.4, 0.5) is 5.69 Å². The molecule has 4 aromatic rings. The Labute approximate surface area is 187 Å². The average Bonchev–Trinajstić information content (AvgIpc) is 3.22. The molecule has 0 saturated carbocycles. The van der Waals surface area contributed by atoms with Gasteiger partial charge in [0.2, 0.25) is 28.7 Å². The third-order valence-corrected chi connectivity index (χ3v) is 5.60. The lowest BCUT2D eigenvalue weighted by Gasteiger charge is -2.12. The normalized spacial score (nSPS) is 12.2. The number of para-hydroxylation sites is 1. The van der Waals surface area contributed by atoms with Crippen molar-refractivity contribution in [3.8, 4) is 5.69 Å². The predicted octanol–water partition coefficient (Wildman–Crippen LogP) is 3.33. The summed E-state index contributed by atoms with van der Waals surface area (Å²) in [6.07, 6.45) is 1.57. The Morgan fingerprint density at radius 2 is 1.45 bits per heavy atom. The van der Waals surface area contributed by atoms with Crippen LogP contribution < -0.4 is 4.57 Å². The van der Waals surface area contributed by atoms with E-state index in [9.17, 15) is 24.5 Å². The van der Waals surface area contributed by atoms with Crippen molar-refractivity contribution in [1.29, 1.82) is 0 Å². The number of non-ortho nitro benzene ring substituents is 1. The van der Waals surface area contributed by atoms with Crippen molar-refractivity contribution in [2.24, 2.45) is 0 Å². The second kappa shape index (κ2) is 7.76. The first-order valence-electron chi connectivity index (χ1n) is 10.1. The second-order valence-electron chi connectivity index (χ2n) is 7.58. The lowest BCUT2D eigenvalue weighted by Crippen LogP contribution is -2.43. The van der Waals surface area contributed by atoms with Crippen LogP contribution in [0.2, 0.25) is 0 Å². The van der Waals surface area contributed by atoms with E-state index in [1.54, 1.807) is 47.3 Å². The number of hydrogen-bond acceptors (Lipinski definition) is 5. The van der Waals surface area contributed by atoms with Crippen LogP contribution in [0.3, 0.4) is 0 Å². The van der Waals surface area contributed by atoms with E-state index in [4.69, 9.17) is 0 Å². The Morgan fingerprint density at radius 1 is 0.848 bits per heavy atom. The number of imidazole rings is 1. The Hall–Kier alpha value is -4.72. The van der Waals surface area contributed by atoms with Crippen LogP contribution in [0, 0.1) is 10.1 Å². The molecule has 8 heteroatoms. The Morgan fingerprint density at radius 3 is 2.09 bits per heavy atom. The SMILES string of the molecule is O=C(C[n+]1cn(-c2ccccc2)c2c1C(=O)c1ccccc1C2=O)c1ccc([N+](=O)[O-])cc1. The van der Waals surface area contributed by atoms with Crippen molar-refractivity contribution >= 4 is 23.0 Å². The smallest absolute Gasteiger partial charge is 0.269 e. The zero-order chi connectivity index (χ0) is 23.1. The number of aromatic nitrogens is 2. The van der Waals surface area contributed by atoms with Gasteiger partial charge in [-0.1, -0.05) is 42.5 Å². The van der Waals surface area contributed by atoms with Gasteiger partial charge in [-0.3, -0.25) is 24.5 Å². The van der Waals surface area contributed by atoms with Crippen molar-refractivity contribution in [2.45, 2.75) is 6.54 Å². The molecule has 0 fully saturated rings. The van der Waals surface area contributed by atoms with E-state index in [1.165, 1.54) is 28.8 Å². The largest absolute Gasteiger partial charge is 0.290 e. The number of carbonyl (C=O) groups excluding carboxylic acids is 3. The van der Waals surface area contributed by atoms with E-state index >= 15 is 0 Å². The summed E-state index contributed by atoms with van der Waals surface area (Å²) >= 11 is 0. The van der Waals surface area contributed by atoms with E-state index in [1.807, 2.05) is 18.2 Å². The molecule has 160 valence electrons. The maximum absolute atomic E-state index is 13.4. The van der Waals surface area contributed by atoms with Gasteiger partial charge in [0.25, 0.3) is 12.0 Å². The van der Waals surface area contributed by atoms with Crippen LogP contribution in [-0.2, 0) is 6.54 Å². The zero-order valence-electron chi connectivity index (χ0n) is 17.2. The Bertz CT molecular complexity index is 1450. The zero-order valence-corrected chi connectivity index (χ0v) is 17.2. The van der Waals surface area contributed by atoms with Crippen molar-refractivity contribution in [2.75, 3.05) is 0 Å². The van der Waals surface area contributed by atoms with Crippen LogP contribution >= 0.6 is 0 Å². The fraction of sp³-hybridized carbons (Fsp3) is 0.0400. The summed E-state index contributed by atoms with van der Waals surface area (Å²) in [4.78, 5) is 50.1. The molecule has 8 nitrogen and oxygen atoms in total. The van der Waals surface area contributed by atoms with Crippen molar-refractivity contribution < 1.29 is 23.9 Å². The molecule has 3 aromatic carbocycles. The van der Waals surface area contributed by atoms with Gasteiger partial charge < -0.3 is 0 Å². The number of hydrogen-bond donors (Lipinski definition) is 0. The molecular formula is C25H16N3O5+. The minimum atomic E-state index is -0.541. The molecular weight excluding hydrogens is 422 g/mol. The van der Waals surface area contributed by atoms with Gasteiger partial charge in [0.15, 0.2) is 6.54 Å². The first kappa shape index (κ1) is 20.2. The molecule has 0 bridgehead atoms. The summed E-state index contributed by atoms with van der Waals surface area (Å²) in [7, 11) is 0. The highest BCUT2D eigenvalue weighted by Crippen LogP contribution is 2.27. The first-order chi connectivity index (χ1) is 16.0. The monoisotopic (exact) mass is 438 g/mol. The van der Waals surface area contributed by atoms with Gasteiger partial charge in [-0.25, -0.2) is 4.57 Å². The number of nitrogens with zero attached hydrogens (tertiary/aromatic N) is 3. The number of benzene rings is 3. The lowest BCUT2D eigenvalue weighted by molar-refractivity contribution is -0.684. The van der Waals surface area contributed by atoms with Gasteiger partial charge in [-0.15, -0.1) is 0 Å². The molecule has 1 aromatic heterocycles. The predicted molar refractivity (Wildman–Crippen MR) is 117 cm³/mol. The minimum absolute atomic E-state index is 0.121. The van der Waals surface area contributed by atoms with Crippen LogP contribution in [0.15, 0.2) is 85.2 Å². The molecule has 0 radical (unpaired) electrons. The van der Waals surface area contributed by atoms with Gasteiger partial charge in [0.05, 0.1) is 4.92 Å². The standard InChI is InChI=1S/C25H16N3O5/c29-21(16-10-12-18(13-11-16)28(32)33)14-26-15-27(17-6-2-1-3-7-17)23-22(26)24(30)19-8-4-5-9-20(19)25(23)31/h1-13,15H,14H2/q+1. The Kier molecular flexibility index (Phi) is 4.75. The van der Waals surface area contributed by atoms with E-state index < -0.39 is 4.92 Å². The number of ketones is 3. The summed E-state index contributed by atoms with van der Waals surface area (Å²) in [5.41, 5.74) is 1.76. The highest BCUT2D eigenvalue weighted by atomic mass is 16.6. The van der Waals surface area contributed by atoms with Gasteiger partial charge in [-0.05, 0) is 24.3 Å². The van der Waals surface area contributed by atoms with E-state index in [2.05, 4.69) is 0 Å². The molecule has 5 rings (SSSR count). The number of nitro benzene ring substituents is 1. The molecule has 1 aliphatic carbocycles. The molecule has 0 spiro atoms. The molecule has 0 unspecified atom stereocenters. The summed E-state index contributed by atoms with van der Waals surface area (Å²) < 4.78 is 3.09. The van der Waals surface area contributed by atoms with E-state index in [0.717, 1.165) is 0 Å². The highest BCUT2D eigenvalue weighted by molar-refractivity contribution is 6.26. The molecule has 0 aliphatic heterocycles. The maximum Gasteiger partial charge on any atom is 0.269 e. The summed E-state index contributed by atoms with van der Waals surface area (Å²) in [5.74, 6) is -0.987. The average molecular weight is 438 g/mol. The van der Waals surface area contributed by atoms with Gasteiger partial charge in [0.1, 0.15) is 5.69 Å². The van der Waals surface area contributed by atoms with Crippen molar-refractivity contribution in [3.05, 3.63) is 123 Å². The van der Waals surface area contributed by atoms with Crippen molar-refractivity contribution in [3.63, 3.8) is 0 Å². The van der Waals surface area contributed by atoms with Crippen molar-refractivity contribution in [1.82, 2.24) is 4.57 Å². The Balaban J connectivity index is 1.62. The molecule has 33 heavy (non-hydrogen) atoms. The third-order valence-electron chi connectivity index (χ3n) is 5.60. The topological polar surface area (TPSA) is 103 Å². The van der Waals surface area contributed by atoms with E-state index in [-0.39, 0.29) is 52.1 Å². The molecule has 1 heterocycles. The first-order valence-corrected chi connectivity index (χ1v) is 10.1. The quantitative estimate of drug-likeness (QED) is 0.181. The molecule has 0 amide bonds. The number of rotatable bonds is 5. The lowest BCUT2D eigenvalue weighted by atomic mass is 9.89. The molecule has 0 saturated heterocycles. The van der Waals surface area contributed by atoms with Crippen LogP contribution in [0.1, 0.15) is 42.5 Å². The fourth-order valence-electron chi connectivity index (χ4n) is 4.01. The molecule has 0 atom stereocenters. The number of nitro groups is 1. The molecule has 1 aliphatic rings. The fourth-order valence-corrected chi connectivity index (χ4v) is 4.01. The van der Waals surface area contributed by atoms with Gasteiger partial charge in [0, 0.05) is 28.8 Å². The minimum Gasteiger partial charge on any atom is -0.290 e. The number of carbonyl (C=O) groups is 3. The van der Waals surface area contributed by atoms with E-state index in [0.29, 0.717) is 11.3 Å². The van der Waals surface area contributed by atoms with Gasteiger partial charge in [-0.2, -0.15) is 4.57 Å². The summed E-state index contributed by atoms with van der Waals surface area (Å²) in [6, 6.07) is 21.0. The number of Topliss-reactive ketones (excluding diaryl/α,β-unsaturated/α-hetero) is 1. The summed E-state index contributed by atoms with van der Waals surface area (Å²) in [5, 5.41) is 10.9.